The summed E-state index contributed by atoms with van der Waals surface area (Å²) >= 11 is 6.11. The van der Waals surface area contributed by atoms with E-state index in [0.29, 0.717) is 27.5 Å². The average Bonchev–Trinajstić information content (AvgIpc) is 2.77. The van der Waals surface area contributed by atoms with Crippen molar-refractivity contribution >= 4 is 23.4 Å². The lowest BCUT2D eigenvalue weighted by atomic mass is 9.95. The van der Waals surface area contributed by atoms with Gasteiger partial charge in [0.15, 0.2) is 0 Å². The minimum atomic E-state index is -0.389. The molecule has 0 atom stereocenters. The lowest BCUT2D eigenvalue weighted by Gasteiger charge is -2.13. The van der Waals surface area contributed by atoms with Crippen molar-refractivity contribution in [3.63, 3.8) is 0 Å². The lowest BCUT2D eigenvalue weighted by molar-refractivity contribution is 0.0880. The summed E-state index contributed by atoms with van der Waals surface area (Å²) in [5, 5.41) is 2.90. The van der Waals surface area contributed by atoms with Crippen LogP contribution in [0.3, 0.4) is 0 Å². The van der Waals surface area contributed by atoms with E-state index in [9.17, 15) is 9.59 Å². The molecule has 1 heterocycles. The van der Waals surface area contributed by atoms with Gasteiger partial charge in [0.05, 0.1) is 18.2 Å². The van der Waals surface area contributed by atoms with E-state index in [4.69, 9.17) is 16.3 Å². The second-order valence-corrected chi connectivity index (χ2v) is 5.22. The molecular formula is C16H12ClNO3. The van der Waals surface area contributed by atoms with Crippen molar-refractivity contribution in [2.75, 3.05) is 7.11 Å². The second kappa shape index (κ2) is 4.90. The molecule has 1 N–H and O–H groups in total. The Morgan fingerprint density at radius 3 is 2.48 bits per heavy atom. The van der Waals surface area contributed by atoms with Gasteiger partial charge in [0.2, 0.25) is 0 Å². The van der Waals surface area contributed by atoms with Crippen molar-refractivity contribution in [1.29, 1.82) is 0 Å². The van der Waals surface area contributed by atoms with Crippen LogP contribution in [0.4, 0.5) is 0 Å². The third-order valence-corrected chi connectivity index (χ3v) is 3.94. The predicted octanol–water partition coefficient (Wildman–Crippen LogP) is 3.21. The van der Waals surface area contributed by atoms with E-state index in [1.54, 1.807) is 31.4 Å². The van der Waals surface area contributed by atoms with Gasteiger partial charge in [0.1, 0.15) is 5.75 Å². The van der Waals surface area contributed by atoms with Gasteiger partial charge in [-0.15, -0.1) is 0 Å². The molecule has 1 aliphatic rings. The molecule has 0 unspecified atom stereocenters. The molecule has 2 aromatic rings. The van der Waals surface area contributed by atoms with Crippen molar-refractivity contribution < 1.29 is 14.3 Å². The maximum atomic E-state index is 12.0. The van der Waals surface area contributed by atoms with Crippen LogP contribution in [0.2, 0.25) is 5.02 Å². The summed E-state index contributed by atoms with van der Waals surface area (Å²) in [6.07, 6.45) is 0. The van der Waals surface area contributed by atoms with E-state index in [2.05, 4.69) is 5.32 Å². The normalized spacial score (nSPS) is 13.1. The summed E-state index contributed by atoms with van der Waals surface area (Å²) in [6, 6.07) is 8.74. The van der Waals surface area contributed by atoms with Crippen molar-refractivity contribution in [1.82, 2.24) is 5.32 Å². The number of ether oxygens (including phenoxy) is 1. The first-order chi connectivity index (χ1) is 10.0. The molecule has 0 fully saturated rings. The summed E-state index contributed by atoms with van der Waals surface area (Å²) in [6.45, 7) is 1.87. The van der Waals surface area contributed by atoms with Gasteiger partial charge in [-0.05, 0) is 36.2 Å². The molecule has 2 amide bonds. The Bertz CT molecular complexity index is 783. The number of hydrogen-bond donors (Lipinski definition) is 1. The summed E-state index contributed by atoms with van der Waals surface area (Å²) in [4.78, 5) is 23.8. The number of imide groups is 1. The summed E-state index contributed by atoms with van der Waals surface area (Å²) in [7, 11) is 1.54. The molecule has 0 radical (unpaired) electrons. The topological polar surface area (TPSA) is 55.4 Å². The number of fused-ring (bicyclic) bond motifs is 1. The Labute approximate surface area is 126 Å². The second-order valence-electron chi connectivity index (χ2n) is 4.81. The van der Waals surface area contributed by atoms with E-state index in [1.165, 1.54) is 0 Å². The molecular weight excluding hydrogens is 290 g/mol. The maximum Gasteiger partial charge on any atom is 0.259 e. The van der Waals surface area contributed by atoms with E-state index >= 15 is 0 Å². The molecule has 0 spiro atoms. The quantitative estimate of drug-likeness (QED) is 0.867. The predicted molar refractivity (Wildman–Crippen MR) is 80.0 cm³/mol. The molecule has 0 saturated carbocycles. The van der Waals surface area contributed by atoms with Crippen molar-refractivity contribution in [2.45, 2.75) is 6.92 Å². The van der Waals surface area contributed by atoms with Crippen LogP contribution in [-0.2, 0) is 0 Å². The van der Waals surface area contributed by atoms with Gasteiger partial charge < -0.3 is 4.74 Å². The Hall–Kier alpha value is -2.33. The summed E-state index contributed by atoms with van der Waals surface area (Å²) < 4.78 is 5.36. The zero-order chi connectivity index (χ0) is 15.1. The molecule has 106 valence electrons. The number of aryl methyl sites for hydroxylation is 1. The van der Waals surface area contributed by atoms with Gasteiger partial charge in [0.25, 0.3) is 11.8 Å². The standard InChI is InChI=1S/C16H12ClNO3/c1-8-6-11(13(21-2)7-12(8)17)9-4-3-5-10-14(9)16(20)18-15(10)19/h3-7H,1-2H3,(H,18,19,20). The molecule has 2 aromatic carbocycles. The fraction of sp³-hybridized carbons (Fsp3) is 0.125. The third kappa shape index (κ3) is 2.08. The van der Waals surface area contributed by atoms with Crippen molar-refractivity contribution in [3.8, 4) is 16.9 Å². The zero-order valence-electron chi connectivity index (χ0n) is 11.5. The fourth-order valence-corrected chi connectivity index (χ4v) is 2.64. The van der Waals surface area contributed by atoms with Crippen LogP contribution in [0.5, 0.6) is 5.75 Å². The molecule has 5 heteroatoms. The highest BCUT2D eigenvalue weighted by Crippen LogP contribution is 2.38. The van der Waals surface area contributed by atoms with Gasteiger partial charge >= 0.3 is 0 Å². The highest BCUT2D eigenvalue weighted by Gasteiger charge is 2.30. The maximum absolute atomic E-state index is 12.0. The number of carbonyl (C=O) groups excluding carboxylic acids is 2. The number of rotatable bonds is 2. The average molecular weight is 302 g/mol. The van der Waals surface area contributed by atoms with Crippen molar-refractivity contribution in [2.24, 2.45) is 0 Å². The Morgan fingerprint density at radius 2 is 1.76 bits per heavy atom. The molecule has 0 bridgehead atoms. The minimum absolute atomic E-state index is 0.374. The summed E-state index contributed by atoms with van der Waals surface area (Å²) in [5.41, 5.74) is 3.03. The van der Waals surface area contributed by atoms with E-state index < -0.39 is 0 Å². The van der Waals surface area contributed by atoms with Crippen LogP contribution in [-0.4, -0.2) is 18.9 Å². The Morgan fingerprint density at radius 1 is 1.05 bits per heavy atom. The number of methoxy groups -OCH3 is 1. The monoisotopic (exact) mass is 301 g/mol. The van der Waals surface area contributed by atoms with Crippen LogP contribution in [0, 0.1) is 6.92 Å². The number of hydrogen-bond acceptors (Lipinski definition) is 3. The van der Waals surface area contributed by atoms with E-state index in [1.807, 2.05) is 13.0 Å². The number of halogens is 1. The fourth-order valence-electron chi connectivity index (χ4n) is 2.49. The SMILES string of the molecule is COc1cc(Cl)c(C)cc1-c1cccc2c1C(=O)NC2=O. The van der Waals surface area contributed by atoms with Crippen LogP contribution in [0.1, 0.15) is 26.3 Å². The van der Waals surface area contributed by atoms with Gasteiger partial charge in [-0.1, -0.05) is 23.7 Å². The summed E-state index contributed by atoms with van der Waals surface area (Å²) in [5.74, 6) is -0.201. The molecule has 3 rings (SSSR count). The first kappa shape index (κ1) is 13.6. The molecule has 1 aliphatic heterocycles. The molecule has 0 aliphatic carbocycles. The van der Waals surface area contributed by atoms with Gasteiger partial charge in [-0.3, -0.25) is 14.9 Å². The minimum Gasteiger partial charge on any atom is -0.496 e. The smallest absolute Gasteiger partial charge is 0.259 e. The lowest BCUT2D eigenvalue weighted by Crippen LogP contribution is -2.20. The highest BCUT2D eigenvalue weighted by molar-refractivity contribution is 6.31. The first-order valence-electron chi connectivity index (χ1n) is 6.36. The molecule has 21 heavy (non-hydrogen) atoms. The Balaban J connectivity index is 2.31. The molecule has 4 nitrogen and oxygen atoms in total. The highest BCUT2D eigenvalue weighted by atomic mass is 35.5. The van der Waals surface area contributed by atoms with Gasteiger partial charge in [-0.25, -0.2) is 0 Å². The van der Waals surface area contributed by atoms with Crippen LogP contribution < -0.4 is 10.1 Å². The third-order valence-electron chi connectivity index (χ3n) is 3.53. The number of carbonyl (C=O) groups is 2. The number of benzene rings is 2. The van der Waals surface area contributed by atoms with E-state index in [-0.39, 0.29) is 11.8 Å². The van der Waals surface area contributed by atoms with Gasteiger partial charge in [-0.2, -0.15) is 0 Å². The zero-order valence-corrected chi connectivity index (χ0v) is 12.2. The van der Waals surface area contributed by atoms with Crippen LogP contribution in [0.25, 0.3) is 11.1 Å². The van der Waals surface area contributed by atoms with E-state index in [0.717, 1.165) is 11.1 Å². The van der Waals surface area contributed by atoms with Crippen molar-refractivity contribution in [3.05, 3.63) is 52.0 Å². The van der Waals surface area contributed by atoms with Crippen LogP contribution in [0.15, 0.2) is 30.3 Å². The number of amides is 2. The molecule has 0 saturated heterocycles. The number of nitrogens with one attached hydrogen (secondary N) is 1. The van der Waals surface area contributed by atoms with Crippen LogP contribution >= 0.6 is 11.6 Å². The largest absolute Gasteiger partial charge is 0.496 e. The first-order valence-corrected chi connectivity index (χ1v) is 6.74. The molecule has 0 aromatic heterocycles. The Kier molecular flexibility index (Phi) is 3.18. The van der Waals surface area contributed by atoms with Gasteiger partial charge in [0, 0.05) is 10.6 Å².